The summed E-state index contributed by atoms with van der Waals surface area (Å²) in [5, 5.41) is 17.9. The van der Waals surface area contributed by atoms with Crippen LogP contribution in [-0.2, 0) is 11.2 Å². The average molecular weight is 305 g/mol. The molecule has 5 nitrogen and oxygen atoms in total. The van der Waals surface area contributed by atoms with Crippen molar-refractivity contribution < 1.29 is 9.90 Å². The summed E-state index contributed by atoms with van der Waals surface area (Å²) in [5.41, 5.74) is 1.16. The van der Waals surface area contributed by atoms with Gasteiger partial charge in [0.2, 0.25) is 0 Å². The molecule has 1 unspecified atom stereocenters. The van der Waals surface area contributed by atoms with Gasteiger partial charge in [-0.25, -0.2) is 0 Å². The van der Waals surface area contributed by atoms with E-state index in [1.54, 1.807) is 0 Å². The van der Waals surface area contributed by atoms with Crippen LogP contribution >= 0.6 is 11.8 Å². The second kappa shape index (κ2) is 7.26. The number of rotatable bonds is 7. The highest BCUT2D eigenvalue weighted by Gasteiger charge is 2.19. The van der Waals surface area contributed by atoms with Crippen LogP contribution in [0.3, 0.4) is 0 Å². The molecule has 0 aliphatic rings. The minimum Gasteiger partial charge on any atom is -0.481 e. The number of carboxylic acid groups (broad SMARTS) is 1. The number of aryl methyl sites for hydroxylation is 1. The molecule has 6 heteroatoms. The zero-order valence-corrected chi connectivity index (χ0v) is 13.0. The molecule has 0 saturated heterocycles. The van der Waals surface area contributed by atoms with Gasteiger partial charge in [-0.15, -0.1) is 10.2 Å². The maximum Gasteiger partial charge on any atom is 0.313 e. The lowest BCUT2D eigenvalue weighted by atomic mass is 10.1. The minimum absolute atomic E-state index is 0.00817. The van der Waals surface area contributed by atoms with Crippen molar-refractivity contribution in [1.29, 1.82) is 0 Å². The highest BCUT2D eigenvalue weighted by Crippen LogP contribution is 2.26. The summed E-state index contributed by atoms with van der Waals surface area (Å²) in [6.45, 7) is 4.18. The van der Waals surface area contributed by atoms with Crippen molar-refractivity contribution in [3.8, 4) is 0 Å². The normalized spacial score (nSPS) is 12.3. The van der Waals surface area contributed by atoms with Gasteiger partial charge in [0.05, 0.1) is 11.8 Å². The molecule has 1 aromatic heterocycles. The number of benzene rings is 1. The van der Waals surface area contributed by atoms with E-state index in [0.717, 1.165) is 24.2 Å². The molecule has 0 amide bonds. The predicted molar refractivity (Wildman–Crippen MR) is 82.6 cm³/mol. The minimum atomic E-state index is -0.848. The van der Waals surface area contributed by atoms with E-state index in [2.05, 4.69) is 36.2 Å². The van der Waals surface area contributed by atoms with Crippen LogP contribution < -0.4 is 0 Å². The Kier molecular flexibility index (Phi) is 5.38. The third-order valence-corrected chi connectivity index (χ3v) is 4.13. The smallest absolute Gasteiger partial charge is 0.313 e. The largest absolute Gasteiger partial charge is 0.481 e. The van der Waals surface area contributed by atoms with Crippen molar-refractivity contribution >= 4 is 17.7 Å². The second-order valence-corrected chi connectivity index (χ2v) is 5.73. The van der Waals surface area contributed by atoms with Crippen LogP contribution in [-0.4, -0.2) is 31.6 Å². The first kappa shape index (κ1) is 15.6. The van der Waals surface area contributed by atoms with Gasteiger partial charge in [-0.2, -0.15) is 0 Å². The molecule has 112 valence electrons. The van der Waals surface area contributed by atoms with E-state index in [9.17, 15) is 4.79 Å². The molecular formula is C15H19N3O2S. The zero-order chi connectivity index (χ0) is 15.2. The Morgan fingerprint density at radius 3 is 2.67 bits per heavy atom. The lowest BCUT2D eigenvalue weighted by Gasteiger charge is -2.18. The molecule has 2 rings (SSSR count). The number of aromatic nitrogens is 3. The van der Waals surface area contributed by atoms with Crippen molar-refractivity contribution in [2.24, 2.45) is 0 Å². The number of aliphatic carboxylic acids is 1. The summed E-state index contributed by atoms with van der Waals surface area (Å²) in [7, 11) is 0. The maximum atomic E-state index is 10.8. The van der Waals surface area contributed by atoms with Crippen LogP contribution in [0.1, 0.15) is 37.7 Å². The van der Waals surface area contributed by atoms with E-state index >= 15 is 0 Å². The Bertz CT molecular complexity index is 598. The lowest BCUT2D eigenvalue weighted by molar-refractivity contribution is -0.133. The maximum absolute atomic E-state index is 10.8. The Morgan fingerprint density at radius 2 is 2.05 bits per heavy atom. The highest BCUT2D eigenvalue weighted by molar-refractivity contribution is 7.99. The first-order valence-electron chi connectivity index (χ1n) is 6.96. The van der Waals surface area contributed by atoms with Gasteiger partial charge < -0.3 is 5.11 Å². The molecule has 0 spiro atoms. The number of carboxylic acids is 1. The molecule has 2 aromatic rings. The predicted octanol–water partition coefficient (Wildman–Crippen LogP) is 3.02. The monoisotopic (exact) mass is 305 g/mol. The van der Waals surface area contributed by atoms with E-state index in [0.29, 0.717) is 5.16 Å². The first-order chi connectivity index (χ1) is 10.1. The van der Waals surface area contributed by atoms with Gasteiger partial charge in [0.25, 0.3) is 0 Å². The van der Waals surface area contributed by atoms with Crippen LogP contribution in [0.2, 0.25) is 0 Å². The van der Waals surface area contributed by atoms with Crippen LogP contribution in [0, 0.1) is 0 Å². The molecular weight excluding hydrogens is 286 g/mol. The van der Waals surface area contributed by atoms with Gasteiger partial charge in [-0.3, -0.25) is 9.36 Å². The fourth-order valence-corrected chi connectivity index (χ4v) is 2.95. The van der Waals surface area contributed by atoms with E-state index in [1.165, 1.54) is 11.8 Å². The third kappa shape index (κ3) is 3.85. The molecule has 0 fully saturated rings. The summed E-state index contributed by atoms with van der Waals surface area (Å²) in [5.74, 6) is 0.0480. The molecule has 1 heterocycles. The highest BCUT2D eigenvalue weighted by atomic mass is 32.2. The molecule has 0 bridgehead atoms. The van der Waals surface area contributed by atoms with Crippen molar-refractivity contribution in [2.75, 3.05) is 5.75 Å². The molecule has 0 radical (unpaired) electrons. The summed E-state index contributed by atoms with van der Waals surface area (Å²) >= 11 is 1.21. The second-order valence-electron chi connectivity index (χ2n) is 4.79. The fourth-order valence-electron chi connectivity index (χ4n) is 2.20. The Morgan fingerprint density at radius 1 is 1.33 bits per heavy atom. The Labute approximate surface area is 128 Å². The van der Waals surface area contributed by atoms with Gasteiger partial charge in [0, 0.05) is 6.42 Å². The van der Waals surface area contributed by atoms with Gasteiger partial charge in [-0.05, 0) is 18.9 Å². The van der Waals surface area contributed by atoms with Crippen molar-refractivity contribution in [2.45, 2.75) is 37.9 Å². The molecule has 0 aliphatic carbocycles. The van der Waals surface area contributed by atoms with E-state index in [1.807, 2.05) is 22.8 Å². The standard InChI is InChI=1S/C15H19N3O2S/c1-3-7-13-16-17-15(21-10-14(19)20)18(13)11(2)12-8-5-4-6-9-12/h4-6,8-9,11H,3,7,10H2,1-2H3,(H,19,20). The number of thioether (sulfide) groups is 1. The molecule has 1 atom stereocenters. The molecule has 21 heavy (non-hydrogen) atoms. The summed E-state index contributed by atoms with van der Waals surface area (Å²) in [6.07, 6.45) is 1.81. The van der Waals surface area contributed by atoms with Crippen LogP contribution in [0.4, 0.5) is 0 Å². The number of carbonyl (C=O) groups is 1. The fraction of sp³-hybridized carbons (Fsp3) is 0.400. The summed E-state index contributed by atoms with van der Waals surface area (Å²) in [6, 6.07) is 10.2. The van der Waals surface area contributed by atoms with Crippen molar-refractivity contribution in [3.63, 3.8) is 0 Å². The van der Waals surface area contributed by atoms with Crippen LogP contribution in [0.25, 0.3) is 0 Å². The van der Waals surface area contributed by atoms with E-state index in [4.69, 9.17) is 5.11 Å². The number of hydrogen-bond donors (Lipinski definition) is 1. The molecule has 1 N–H and O–H groups in total. The van der Waals surface area contributed by atoms with Gasteiger partial charge in [-0.1, -0.05) is 49.0 Å². The van der Waals surface area contributed by atoms with Crippen LogP contribution in [0.15, 0.2) is 35.5 Å². The van der Waals surface area contributed by atoms with Gasteiger partial charge in [0.15, 0.2) is 5.16 Å². The zero-order valence-electron chi connectivity index (χ0n) is 12.2. The third-order valence-electron chi connectivity index (χ3n) is 3.20. The topological polar surface area (TPSA) is 68.0 Å². The first-order valence-corrected chi connectivity index (χ1v) is 7.95. The molecule has 0 aliphatic heterocycles. The lowest BCUT2D eigenvalue weighted by Crippen LogP contribution is -2.12. The number of nitrogens with zero attached hydrogens (tertiary/aromatic N) is 3. The molecule has 1 aromatic carbocycles. The van der Waals surface area contributed by atoms with Crippen LogP contribution in [0.5, 0.6) is 0 Å². The van der Waals surface area contributed by atoms with Gasteiger partial charge >= 0.3 is 5.97 Å². The molecule has 0 saturated carbocycles. The van der Waals surface area contributed by atoms with Gasteiger partial charge in [0.1, 0.15) is 5.82 Å². The summed E-state index contributed by atoms with van der Waals surface area (Å²) < 4.78 is 2.05. The quantitative estimate of drug-likeness (QED) is 0.796. The number of hydrogen-bond acceptors (Lipinski definition) is 4. The SMILES string of the molecule is CCCc1nnc(SCC(=O)O)n1C(C)c1ccccc1. The van der Waals surface area contributed by atoms with E-state index < -0.39 is 5.97 Å². The van der Waals surface area contributed by atoms with Crippen molar-refractivity contribution in [1.82, 2.24) is 14.8 Å². The summed E-state index contributed by atoms with van der Waals surface area (Å²) in [4.78, 5) is 10.8. The average Bonchev–Trinajstić information content (AvgIpc) is 2.88. The Balaban J connectivity index is 2.33. The van der Waals surface area contributed by atoms with E-state index in [-0.39, 0.29) is 11.8 Å². The Hall–Kier alpha value is -1.82. The van der Waals surface area contributed by atoms with Crippen molar-refractivity contribution in [3.05, 3.63) is 41.7 Å².